The highest BCUT2D eigenvalue weighted by Crippen LogP contribution is 2.66. The van der Waals surface area contributed by atoms with E-state index in [4.69, 9.17) is 11.5 Å². The van der Waals surface area contributed by atoms with E-state index in [1.807, 2.05) is 0 Å². The van der Waals surface area contributed by atoms with Gasteiger partial charge in [0.25, 0.3) is 0 Å². The highest BCUT2D eigenvalue weighted by atomic mass is 16.1. The van der Waals surface area contributed by atoms with E-state index in [0.717, 1.165) is 29.4 Å². The molecule has 4 rings (SSSR count). The smallest absolute Gasteiger partial charge is 0.248 e. The van der Waals surface area contributed by atoms with E-state index in [1.165, 1.54) is 19.3 Å². The Morgan fingerprint density at radius 3 is 2.53 bits per heavy atom. The zero-order chi connectivity index (χ0) is 13.1. The Kier molecular flexibility index (Phi) is 2.14. The summed E-state index contributed by atoms with van der Waals surface area (Å²) >= 11 is 0. The van der Waals surface area contributed by atoms with Crippen LogP contribution >= 0.6 is 0 Å². The Balaban J connectivity index is 1.55. The van der Waals surface area contributed by atoms with Crippen molar-refractivity contribution >= 4 is 17.3 Å². The molecule has 4 nitrogen and oxygen atoms in total. The van der Waals surface area contributed by atoms with Gasteiger partial charge in [-0.3, -0.25) is 4.79 Å². The molecular formula is C15H19N3O. The summed E-state index contributed by atoms with van der Waals surface area (Å²) in [6.07, 6.45) is 4.24. The number of hydrogen-bond donors (Lipinski definition) is 3. The van der Waals surface area contributed by atoms with E-state index in [-0.39, 0.29) is 0 Å². The van der Waals surface area contributed by atoms with E-state index in [1.54, 1.807) is 18.2 Å². The van der Waals surface area contributed by atoms with Gasteiger partial charge in [0, 0.05) is 11.6 Å². The van der Waals surface area contributed by atoms with Crippen molar-refractivity contribution in [2.24, 2.45) is 29.4 Å². The molecule has 2 bridgehead atoms. The van der Waals surface area contributed by atoms with Crippen molar-refractivity contribution in [1.29, 1.82) is 0 Å². The first-order valence-electron chi connectivity index (χ1n) is 7.11. The third kappa shape index (κ3) is 1.55. The van der Waals surface area contributed by atoms with Crippen molar-refractivity contribution in [2.75, 3.05) is 11.1 Å². The van der Waals surface area contributed by atoms with Crippen LogP contribution in [-0.2, 0) is 0 Å². The minimum Gasteiger partial charge on any atom is -0.397 e. The molecule has 3 aliphatic carbocycles. The predicted molar refractivity (Wildman–Crippen MR) is 74.6 cm³/mol. The quantitative estimate of drug-likeness (QED) is 0.722. The van der Waals surface area contributed by atoms with Gasteiger partial charge in [-0.05, 0) is 61.1 Å². The molecule has 0 heterocycles. The average Bonchev–Trinajstić information content (AvgIpc) is 2.79. The molecule has 3 aliphatic rings. The number of fused-ring (bicyclic) bond motifs is 5. The van der Waals surface area contributed by atoms with Gasteiger partial charge in [0.1, 0.15) is 0 Å². The first-order valence-corrected chi connectivity index (χ1v) is 7.11. The molecule has 4 heteroatoms. The number of primary amides is 1. The summed E-state index contributed by atoms with van der Waals surface area (Å²) in [5, 5.41) is 3.55. The molecule has 0 spiro atoms. The van der Waals surface area contributed by atoms with Crippen LogP contribution in [-0.4, -0.2) is 11.9 Å². The van der Waals surface area contributed by atoms with Crippen LogP contribution in [0.15, 0.2) is 18.2 Å². The maximum Gasteiger partial charge on any atom is 0.248 e. The van der Waals surface area contributed by atoms with Gasteiger partial charge in [-0.2, -0.15) is 0 Å². The summed E-state index contributed by atoms with van der Waals surface area (Å²) in [4.78, 5) is 11.2. The SMILES string of the molecule is NC(=O)c1ccc(N)c(NC2C3C4CCC(C4)C23)c1. The van der Waals surface area contributed by atoms with E-state index in [9.17, 15) is 4.79 Å². The number of hydrogen-bond acceptors (Lipinski definition) is 3. The largest absolute Gasteiger partial charge is 0.397 e. The van der Waals surface area contributed by atoms with Crippen molar-refractivity contribution < 1.29 is 4.79 Å². The molecule has 4 atom stereocenters. The van der Waals surface area contributed by atoms with Gasteiger partial charge >= 0.3 is 0 Å². The fourth-order valence-corrected chi connectivity index (χ4v) is 4.53. The van der Waals surface area contributed by atoms with Gasteiger partial charge in [0.05, 0.1) is 11.4 Å². The maximum atomic E-state index is 11.2. The van der Waals surface area contributed by atoms with Crippen molar-refractivity contribution in [1.82, 2.24) is 0 Å². The number of benzene rings is 1. The number of amides is 1. The minimum atomic E-state index is -0.404. The lowest BCUT2D eigenvalue weighted by Crippen LogP contribution is -2.16. The lowest BCUT2D eigenvalue weighted by Gasteiger charge is -2.14. The summed E-state index contributed by atoms with van der Waals surface area (Å²) in [6.45, 7) is 0. The number of nitrogens with two attached hydrogens (primary N) is 2. The minimum absolute atomic E-state index is 0.404. The number of nitrogen functional groups attached to an aromatic ring is 1. The molecule has 5 N–H and O–H groups in total. The van der Waals surface area contributed by atoms with E-state index < -0.39 is 5.91 Å². The molecule has 1 amide bonds. The van der Waals surface area contributed by atoms with Gasteiger partial charge in [0.2, 0.25) is 5.91 Å². The van der Waals surface area contributed by atoms with Crippen molar-refractivity contribution in [3.05, 3.63) is 23.8 Å². The van der Waals surface area contributed by atoms with Gasteiger partial charge in [-0.25, -0.2) is 0 Å². The fraction of sp³-hybridized carbons (Fsp3) is 0.533. The van der Waals surface area contributed by atoms with Gasteiger partial charge < -0.3 is 16.8 Å². The maximum absolute atomic E-state index is 11.2. The standard InChI is InChI=1S/C15H19N3O/c16-10-4-3-9(15(17)19)6-11(10)18-14-12-7-1-2-8(5-7)13(12)14/h3-4,6-8,12-14,18H,1-2,5,16H2,(H2,17,19). The van der Waals surface area contributed by atoms with Crippen LogP contribution in [0, 0.1) is 23.7 Å². The lowest BCUT2D eigenvalue weighted by atomic mass is 10.0. The number of carbonyl (C=O) groups excluding carboxylic acids is 1. The Hall–Kier alpha value is -1.71. The molecular weight excluding hydrogens is 238 g/mol. The summed E-state index contributed by atoms with van der Waals surface area (Å²) < 4.78 is 0. The van der Waals surface area contributed by atoms with E-state index in [0.29, 0.717) is 17.3 Å². The van der Waals surface area contributed by atoms with Gasteiger partial charge in [-0.1, -0.05) is 0 Å². The van der Waals surface area contributed by atoms with Crippen molar-refractivity contribution in [3.63, 3.8) is 0 Å². The Morgan fingerprint density at radius 2 is 1.89 bits per heavy atom. The first kappa shape index (κ1) is 11.1. The first-order chi connectivity index (χ1) is 9.15. The average molecular weight is 257 g/mol. The third-order valence-electron chi connectivity index (χ3n) is 5.40. The van der Waals surface area contributed by atoms with Crippen LogP contribution in [0.25, 0.3) is 0 Å². The highest BCUT2D eigenvalue weighted by Gasteiger charge is 2.65. The van der Waals surface area contributed by atoms with E-state index in [2.05, 4.69) is 5.32 Å². The normalized spacial score (nSPS) is 38.0. The second-order valence-electron chi connectivity index (χ2n) is 6.32. The third-order valence-corrected chi connectivity index (χ3v) is 5.40. The molecule has 1 aromatic rings. The number of rotatable bonds is 3. The fourth-order valence-electron chi connectivity index (χ4n) is 4.53. The molecule has 3 saturated carbocycles. The summed E-state index contributed by atoms with van der Waals surface area (Å²) in [5.41, 5.74) is 13.4. The topological polar surface area (TPSA) is 81.1 Å². The molecule has 0 aromatic heterocycles. The lowest BCUT2D eigenvalue weighted by molar-refractivity contribution is 0.100. The summed E-state index contributed by atoms with van der Waals surface area (Å²) in [6, 6.07) is 5.79. The Morgan fingerprint density at radius 1 is 1.21 bits per heavy atom. The van der Waals surface area contributed by atoms with E-state index >= 15 is 0 Å². The number of nitrogens with one attached hydrogen (secondary N) is 1. The highest BCUT2D eigenvalue weighted by molar-refractivity contribution is 5.95. The Labute approximate surface area is 112 Å². The predicted octanol–water partition coefficient (Wildman–Crippen LogP) is 1.82. The molecule has 1 aromatic carbocycles. The second-order valence-corrected chi connectivity index (χ2v) is 6.32. The molecule has 0 radical (unpaired) electrons. The van der Waals surface area contributed by atoms with Crippen LogP contribution in [0.2, 0.25) is 0 Å². The molecule has 3 fully saturated rings. The van der Waals surface area contributed by atoms with Crippen LogP contribution < -0.4 is 16.8 Å². The number of carbonyl (C=O) groups is 1. The zero-order valence-electron chi connectivity index (χ0n) is 10.8. The van der Waals surface area contributed by atoms with Crippen LogP contribution in [0.4, 0.5) is 11.4 Å². The molecule has 0 saturated heterocycles. The second kappa shape index (κ2) is 3.65. The Bertz CT molecular complexity index is 540. The summed E-state index contributed by atoms with van der Waals surface area (Å²) in [5.74, 6) is 3.13. The molecule has 100 valence electrons. The molecule has 19 heavy (non-hydrogen) atoms. The number of anilines is 2. The van der Waals surface area contributed by atoms with Crippen molar-refractivity contribution in [2.45, 2.75) is 25.3 Å². The van der Waals surface area contributed by atoms with Crippen LogP contribution in [0.3, 0.4) is 0 Å². The van der Waals surface area contributed by atoms with Gasteiger partial charge in [-0.15, -0.1) is 0 Å². The van der Waals surface area contributed by atoms with Gasteiger partial charge in [0.15, 0.2) is 0 Å². The van der Waals surface area contributed by atoms with Crippen molar-refractivity contribution in [3.8, 4) is 0 Å². The summed E-state index contributed by atoms with van der Waals surface area (Å²) in [7, 11) is 0. The molecule has 4 unspecified atom stereocenters. The van der Waals surface area contributed by atoms with Crippen LogP contribution in [0.1, 0.15) is 29.6 Å². The van der Waals surface area contributed by atoms with Crippen LogP contribution in [0.5, 0.6) is 0 Å². The zero-order valence-corrected chi connectivity index (χ0v) is 10.8. The molecule has 0 aliphatic heterocycles. The monoisotopic (exact) mass is 257 g/mol.